The Morgan fingerprint density at radius 1 is 1.29 bits per heavy atom. The smallest absolute Gasteiger partial charge is 0.231 e. The van der Waals surface area contributed by atoms with Crippen LogP contribution in [0.5, 0.6) is 0 Å². The predicted octanol–water partition coefficient (Wildman–Crippen LogP) is 2.34. The number of aromatic nitrogens is 3. The number of anilines is 2. The van der Waals surface area contributed by atoms with Gasteiger partial charge in [0.15, 0.2) is 0 Å². The quantitative estimate of drug-likeness (QED) is 0.846. The van der Waals surface area contributed by atoms with Crippen molar-refractivity contribution >= 4 is 23.5 Å². The maximum atomic E-state index is 5.93. The van der Waals surface area contributed by atoms with Gasteiger partial charge in [0.25, 0.3) is 0 Å². The van der Waals surface area contributed by atoms with Crippen molar-refractivity contribution in [2.75, 3.05) is 23.3 Å². The van der Waals surface area contributed by atoms with Gasteiger partial charge < -0.3 is 10.2 Å². The standard InChI is InChI=1S/C11H18ClN5/c1-3-7-13-10-14-9(12)15-11(16-10)17(4-2)8-5-6-8/h8H,3-7H2,1-2H3,(H,13,14,15,16). The summed E-state index contributed by atoms with van der Waals surface area (Å²) in [6.45, 7) is 5.95. The largest absolute Gasteiger partial charge is 0.354 e. The highest BCUT2D eigenvalue weighted by Crippen LogP contribution is 2.30. The third-order valence-corrected chi connectivity index (χ3v) is 2.88. The van der Waals surface area contributed by atoms with Crippen LogP contribution in [0.1, 0.15) is 33.1 Å². The molecule has 1 aliphatic rings. The van der Waals surface area contributed by atoms with E-state index in [-0.39, 0.29) is 5.28 Å². The van der Waals surface area contributed by atoms with Gasteiger partial charge in [-0.15, -0.1) is 0 Å². The van der Waals surface area contributed by atoms with E-state index in [2.05, 4.69) is 39.0 Å². The van der Waals surface area contributed by atoms with Crippen LogP contribution < -0.4 is 10.2 Å². The maximum Gasteiger partial charge on any atom is 0.231 e. The topological polar surface area (TPSA) is 53.9 Å². The van der Waals surface area contributed by atoms with Crippen molar-refractivity contribution in [1.29, 1.82) is 0 Å². The molecule has 5 nitrogen and oxygen atoms in total. The average Bonchev–Trinajstić information content (AvgIpc) is 3.11. The molecule has 1 N–H and O–H groups in total. The molecule has 1 fully saturated rings. The molecule has 1 aromatic heterocycles. The van der Waals surface area contributed by atoms with Gasteiger partial charge in [-0.25, -0.2) is 0 Å². The molecule has 0 radical (unpaired) electrons. The van der Waals surface area contributed by atoms with Crippen LogP contribution in [-0.4, -0.2) is 34.1 Å². The molecule has 0 amide bonds. The third-order valence-electron chi connectivity index (χ3n) is 2.71. The lowest BCUT2D eigenvalue weighted by Gasteiger charge is -2.20. The maximum absolute atomic E-state index is 5.93. The highest BCUT2D eigenvalue weighted by molar-refractivity contribution is 6.28. The van der Waals surface area contributed by atoms with Crippen molar-refractivity contribution < 1.29 is 0 Å². The second kappa shape index (κ2) is 5.49. The average molecular weight is 256 g/mol. The fraction of sp³-hybridized carbons (Fsp3) is 0.727. The lowest BCUT2D eigenvalue weighted by atomic mass is 10.5. The Morgan fingerprint density at radius 2 is 2.06 bits per heavy atom. The molecule has 0 saturated heterocycles. The highest BCUT2D eigenvalue weighted by atomic mass is 35.5. The predicted molar refractivity (Wildman–Crippen MR) is 69.7 cm³/mol. The monoisotopic (exact) mass is 255 g/mol. The summed E-state index contributed by atoms with van der Waals surface area (Å²) in [4.78, 5) is 14.9. The molecule has 1 saturated carbocycles. The van der Waals surface area contributed by atoms with Crippen LogP contribution in [0.25, 0.3) is 0 Å². The van der Waals surface area contributed by atoms with Crippen molar-refractivity contribution in [3.63, 3.8) is 0 Å². The summed E-state index contributed by atoms with van der Waals surface area (Å²) in [7, 11) is 0. The van der Waals surface area contributed by atoms with E-state index in [4.69, 9.17) is 11.6 Å². The molecule has 0 atom stereocenters. The lowest BCUT2D eigenvalue weighted by molar-refractivity contribution is 0.778. The summed E-state index contributed by atoms with van der Waals surface area (Å²) in [5.41, 5.74) is 0. The van der Waals surface area contributed by atoms with Gasteiger partial charge >= 0.3 is 0 Å². The molecular weight excluding hydrogens is 238 g/mol. The first-order valence-corrected chi connectivity index (χ1v) is 6.54. The molecule has 94 valence electrons. The van der Waals surface area contributed by atoms with Crippen LogP contribution in [0.4, 0.5) is 11.9 Å². The minimum Gasteiger partial charge on any atom is -0.354 e. The van der Waals surface area contributed by atoms with Crippen LogP contribution in [0, 0.1) is 0 Å². The minimum atomic E-state index is 0.257. The van der Waals surface area contributed by atoms with Crippen molar-refractivity contribution in [3.05, 3.63) is 5.28 Å². The van der Waals surface area contributed by atoms with Crippen molar-refractivity contribution in [2.24, 2.45) is 0 Å². The van der Waals surface area contributed by atoms with Crippen molar-refractivity contribution in [3.8, 4) is 0 Å². The molecule has 0 spiro atoms. The number of nitrogens with zero attached hydrogens (tertiary/aromatic N) is 4. The number of rotatable bonds is 6. The van der Waals surface area contributed by atoms with E-state index in [9.17, 15) is 0 Å². The van der Waals surface area contributed by atoms with Gasteiger partial charge in [0.05, 0.1) is 0 Å². The van der Waals surface area contributed by atoms with E-state index in [1.165, 1.54) is 12.8 Å². The summed E-state index contributed by atoms with van der Waals surface area (Å²) in [5.74, 6) is 1.26. The molecule has 2 rings (SSSR count). The van der Waals surface area contributed by atoms with Gasteiger partial charge in [-0.05, 0) is 37.8 Å². The molecule has 1 heterocycles. The van der Waals surface area contributed by atoms with Crippen LogP contribution >= 0.6 is 11.6 Å². The second-order valence-corrected chi connectivity index (χ2v) is 4.51. The SMILES string of the molecule is CCCNc1nc(Cl)nc(N(CC)C2CC2)n1. The van der Waals surface area contributed by atoms with E-state index in [0.717, 1.165) is 19.5 Å². The van der Waals surface area contributed by atoms with Crippen LogP contribution in [-0.2, 0) is 0 Å². The first kappa shape index (κ1) is 12.4. The van der Waals surface area contributed by atoms with Crippen LogP contribution in [0.15, 0.2) is 0 Å². The first-order valence-electron chi connectivity index (χ1n) is 6.16. The van der Waals surface area contributed by atoms with Gasteiger partial charge in [-0.2, -0.15) is 15.0 Å². The van der Waals surface area contributed by atoms with Gasteiger partial charge in [0.2, 0.25) is 17.2 Å². The van der Waals surface area contributed by atoms with E-state index in [1.807, 2.05) is 0 Å². The molecule has 0 aromatic carbocycles. The zero-order chi connectivity index (χ0) is 12.3. The summed E-state index contributed by atoms with van der Waals surface area (Å²) in [5, 5.41) is 3.40. The molecule has 1 aliphatic carbocycles. The van der Waals surface area contributed by atoms with E-state index in [1.54, 1.807) is 0 Å². The summed E-state index contributed by atoms with van der Waals surface area (Å²) in [6.07, 6.45) is 3.46. The minimum absolute atomic E-state index is 0.257. The molecule has 0 aliphatic heterocycles. The molecule has 6 heteroatoms. The molecule has 0 bridgehead atoms. The lowest BCUT2D eigenvalue weighted by Crippen LogP contribution is -2.27. The van der Waals surface area contributed by atoms with Crippen molar-refractivity contribution in [1.82, 2.24) is 15.0 Å². The zero-order valence-corrected chi connectivity index (χ0v) is 11.0. The Bertz CT molecular complexity index is 380. The first-order chi connectivity index (χ1) is 8.24. The number of hydrogen-bond donors (Lipinski definition) is 1. The Labute approximate surface area is 107 Å². The van der Waals surface area contributed by atoms with Crippen LogP contribution in [0.3, 0.4) is 0 Å². The fourth-order valence-electron chi connectivity index (χ4n) is 1.73. The zero-order valence-electron chi connectivity index (χ0n) is 10.3. The Morgan fingerprint density at radius 3 is 2.65 bits per heavy atom. The van der Waals surface area contributed by atoms with E-state index in [0.29, 0.717) is 17.9 Å². The van der Waals surface area contributed by atoms with E-state index < -0.39 is 0 Å². The van der Waals surface area contributed by atoms with Crippen LogP contribution in [0.2, 0.25) is 5.28 Å². The van der Waals surface area contributed by atoms with E-state index >= 15 is 0 Å². The number of nitrogens with one attached hydrogen (secondary N) is 1. The normalized spacial score (nSPS) is 14.8. The van der Waals surface area contributed by atoms with Crippen molar-refractivity contribution in [2.45, 2.75) is 39.2 Å². The van der Waals surface area contributed by atoms with Gasteiger partial charge in [-0.3, -0.25) is 0 Å². The van der Waals surface area contributed by atoms with Gasteiger partial charge in [0, 0.05) is 19.1 Å². The summed E-state index contributed by atoms with van der Waals surface area (Å²) < 4.78 is 0. The number of hydrogen-bond acceptors (Lipinski definition) is 5. The summed E-state index contributed by atoms with van der Waals surface area (Å²) in [6, 6.07) is 0.581. The van der Waals surface area contributed by atoms with Gasteiger partial charge in [0.1, 0.15) is 0 Å². The highest BCUT2D eigenvalue weighted by Gasteiger charge is 2.30. The number of halogens is 1. The molecule has 0 unspecified atom stereocenters. The Kier molecular flexibility index (Phi) is 3.99. The third kappa shape index (κ3) is 3.19. The summed E-state index contributed by atoms with van der Waals surface area (Å²) >= 11 is 5.93. The molecular formula is C11H18ClN5. The molecule has 1 aromatic rings. The fourth-order valence-corrected chi connectivity index (χ4v) is 1.89. The van der Waals surface area contributed by atoms with Gasteiger partial charge in [-0.1, -0.05) is 6.92 Å². The Hall–Kier alpha value is -1.10. The molecule has 17 heavy (non-hydrogen) atoms. The Balaban J connectivity index is 2.17. The second-order valence-electron chi connectivity index (χ2n) is 4.17.